The van der Waals surface area contributed by atoms with Gasteiger partial charge in [0.15, 0.2) is 0 Å². The van der Waals surface area contributed by atoms with Crippen molar-refractivity contribution in [2.75, 3.05) is 13.1 Å². The lowest BCUT2D eigenvalue weighted by atomic mass is 10.0. The van der Waals surface area contributed by atoms with Crippen LogP contribution in [0.3, 0.4) is 0 Å². The SMILES string of the molecule is O=C(C1CC1)N1CCC(Cn2c(-c3ccc(-c4ccc5[nH]ncc5c4)cc3)nc3c(Br)cccc32)C1. The second-order valence-corrected chi connectivity index (χ2v) is 11.0. The number of hydrogen-bond donors (Lipinski definition) is 1. The van der Waals surface area contributed by atoms with Crippen LogP contribution in [0.1, 0.15) is 19.3 Å². The maximum absolute atomic E-state index is 12.6. The average molecular weight is 540 g/mol. The van der Waals surface area contributed by atoms with Gasteiger partial charge in [0.25, 0.3) is 0 Å². The van der Waals surface area contributed by atoms with Crippen molar-refractivity contribution < 1.29 is 4.79 Å². The Morgan fingerprint density at radius 1 is 1.00 bits per heavy atom. The summed E-state index contributed by atoms with van der Waals surface area (Å²) in [4.78, 5) is 19.8. The molecule has 3 aromatic carbocycles. The normalized spacial score (nSPS) is 17.9. The number of imidazole rings is 1. The molecular weight excluding hydrogens is 514 g/mol. The summed E-state index contributed by atoms with van der Waals surface area (Å²) in [5, 5.41) is 8.25. The minimum absolute atomic E-state index is 0.289. The molecular formula is C29H26BrN5O. The Labute approximate surface area is 217 Å². The number of halogens is 1. The molecule has 7 heteroatoms. The number of aromatic amines is 1. The van der Waals surface area contributed by atoms with E-state index in [1.807, 2.05) is 12.3 Å². The highest BCUT2D eigenvalue weighted by atomic mass is 79.9. The van der Waals surface area contributed by atoms with E-state index in [4.69, 9.17) is 4.98 Å². The fraction of sp³-hybridized carbons (Fsp3) is 0.276. The third kappa shape index (κ3) is 3.82. The molecule has 7 rings (SSSR count). The van der Waals surface area contributed by atoms with Crippen LogP contribution in [-0.2, 0) is 11.3 Å². The zero-order valence-electron chi connectivity index (χ0n) is 19.8. The number of H-pyrrole nitrogens is 1. The van der Waals surface area contributed by atoms with E-state index in [-0.39, 0.29) is 5.92 Å². The van der Waals surface area contributed by atoms with E-state index < -0.39 is 0 Å². The second-order valence-electron chi connectivity index (χ2n) is 10.1. The number of amides is 1. The topological polar surface area (TPSA) is 66.8 Å². The molecule has 36 heavy (non-hydrogen) atoms. The maximum atomic E-state index is 12.6. The highest BCUT2D eigenvalue weighted by molar-refractivity contribution is 9.10. The van der Waals surface area contributed by atoms with Crippen molar-refractivity contribution in [3.8, 4) is 22.5 Å². The van der Waals surface area contributed by atoms with Crippen molar-refractivity contribution >= 4 is 43.8 Å². The monoisotopic (exact) mass is 539 g/mol. The summed E-state index contributed by atoms with van der Waals surface area (Å²) in [5.74, 6) is 2.06. The van der Waals surface area contributed by atoms with Gasteiger partial charge in [0, 0.05) is 41.0 Å². The van der Waals surface area contributed by atoms with Gasteiger partial charge in [-0.25, -0.2) is 4.98 Å². The van der Waals surface area contributed by atoms with Crippen LogP contribution >= 0.6 is 15.9 Å². The smallest absolute Gasteiger partial charge is 0.225 e. The number of nitrogens with zero attached hydrogens (tertiary/aromatic N) is 4. The molecule has 1 atom stereocenters. The van der Waals surface area contributed by atoms with Gasteiger partial charge in [-0.15, -0.1) is 0 Å². The molecule has 1 aliphatic heterocycles. The van der Waals surface area contributed by atoms with Crippen LogP contribution in [0.25, 0.3) is 44.5 Å². The summed E-state index contributed by atoms with van der Waals surface area (Å²) in [5.41, 5.74) is 6.56. The Kier molecular flexibility index (Phi) is 5.20. The molecule has 1 aliphatic carbocycles. The number of carbonyl (C=O) groups is 1. The average Bonchev–Trinajstić information content (AvgIpc) is 3.30. The molecule has 1 N–H and O–H groups in total. The molecule has 1 saturated heterocycles. The highest BCUT2D eigenvalue weighted by Crippen LogP contribution is 2.35. The van der Waals surface area contributed by atoms with Gasteiger partial charge >= 0.3 is 0 Å². The van der Waals surface area contributed by atoms with Crippen molar-refractivity contribution in [3.05, 3.63) is 71.3 Å². The predicted molar refractivity (Wildman–Crippen MR) is 145 cm³/mol. The fourth-order valence-electron chi connectivity index (χ4n) is 5.48. The van der Waals surface area contributed by atoms with E-state index >= 15 is 0 Å². The van der Waals surface area contributed by atoms with E-state index in [1.165, 1.54) is 0 Å². The molecule has 2 aliphatic rings. The van der Waals surface area contributed by atoms with E-state index in [9.17, 15) is 4.79 Å². The van der Waals surface area contributed by atoms with Gasteiger partial charge in [-0.3, -0.25) is 9.89 Å². The standard InChI is InChI=1S/C29H26BrN5O/c30-24-2-1-3-26-27(24)32-28(35(26)17-18-12-13-34(16-18)29(36)21-8-9-21)20-6-4-19(5-7-20)22-10-11-25-23(14-22)15-31-33-25/h1-7,10-11,14-15,18,21H,8-9,12-13,16-17H2,(H,31,33). The molecule has 0 spiro atoms. The quantitative estimate of drug-likeness (QED) is 0.286. The number of benzene rings is 3. The first-order valence-corrected chi connectivity index (χ1v) is 13.4. The van der Waals surface area contributed by atoms with Crippen molar-refractivity contribution in [3.63, 3.8) is 0 Å². The molecule has 5 aromatic rings. The van der Waals surface area contributed by atoms with Crippen LogP contribution in [0, 0.1) is 11.8 Å². The van der Waals surface area contributed by atoms with Crippen LogP contribution in [0.4, 0.5) is 0 Å². The molecule has 0 bridgehead atoms. The van der Waals surface area contributed by atoms with Crippen molar-refractivity contribution in [2.45, 2.75) is 25.8 Å². The fourth-order valence-corrected chi connectivity index (χ4v) is 5.92. The Hall–Kier alpha value is -3.45. The zero-order valence-corrected chi connectivity index (χ0v) is 21.4. The van der Waals surface area contributed by atoms with Gasteiger partial charge < -0.3 is 9.47 Å². The molecule has 0 radical (unpaired) electrons. The van der Waals surface area contributed by atoms with Gasteiger partial charge in [0.1, 0.15) is 11.3 Å². The molecule has 1 saturated carbocycles. The number of hydrogen-bond acceptors (Lipinski definition) is 3. The van der Waals surface area contributed by atoms with Crippen molar-refractivity contribution in [1.82, 2.24) is 24.6 Å². The first kappa shape index (κ1) is 21.8. The summed E-state index contributed by atoms with van der Waals surface area (Å²) in [6.45, 7) is 2.58. The number of likely N-dealkylation sites (tertiary alicyclic amines) is 1. The molecule has 3 heterocycles. The molecule has 180 valence electrons. The molecule has 1 amide bonds. The van der Waals surface area contributed by atoms with Crippen LogP contribution in [0.2, 0.25) is 0 Å². The summed E-state index contributed by atoms with van der Waals surface area (Å²) in [6.07, 6.45) is 5.03. The van der Waals surface area contributed by atoms with Crippen molar-refractivity contribution in [1.29, 1.82) is 0 Å². The van der Waals surface area contributed by atoms with Gasteiger partial charge in [-0.1, -0.05) is 36.4 Å². The number of aromatic nitrogens is 4. The molecule has 6 nitrogen and oxygen atoms in total. The number of carbonyl (C=O) groups excluding carboxylic acids is 1. The lowest BCUT2D eigenvalue weighted by Crippen LogP contribution is -2.30. The van der Waals surface area contributed by atoms with E-state index in [0.717, 1.165) is 87.8 Å². The Morgan fingerprint density at radius 2 is 1.81 bits per heavy atom. The maximum Gasteiger partial charge on any atom is 0.225 e. The van der Waals surface area contributed by atoms with Gasteiger partial charge in [0.05, 0.1) is 17.2 Å². The van der Waals surface area contributed by atoms with Gasteiger partial charge in [-0.05, 0) is 76.5 Å². The van der Waals surface area contributed by atoms with E-state index in [1.54, 1.807) is 0 Å². The van der Waals surface area contributed by atoms with Crippen LogP contribution in [0.5, 0.6) is 0 Å². The van der Waals surface area contributed by atoms with E-state index in [0.29, 0.717) is 11.8 Å². The summed E-state index contributed by atoms with van der Waals surface area (Å²) < 4.78 is 3.35. The van der Waals surface area contributed by atoms with Crippen LogP contribution in [0.15, 0.2) is 71.3 Å². The first-order chi connectivity index (χ1) is 17.6. The lowest BCUT2D eigenvalue weighted by Gasteiger charge is -2.18. The van der Waals surface area contributed by atoms with Crippen molar-refractivity contribution in [2.24, 2.45) is 11.8 Å². The van der Waals surface area contributed by atoms with E-state index in [2.05, 4.69) is 90.2 Å². The van der Waals surface area contributed by atoms with Crippen LogP contribution < -0.4 is 0 Å². The molecule has 2 fully saturated rings. The van der Waals surface area contributed by atoms with Gasteiger partial charge in [0.2, 0.25) is 5.91 Å². The summed E-state index contributed by atoms with van der Waals surface area (Å²) >= 11 is 3.70. The Morgan fingerprint density at radius 3 is 2.64 bits per heavy atom. The number of nitrogens with one attached hydrogen (secondary N) is 1. The Balaban J connectivity index is 1.22. The van der Waals surface area contributed by atoms with Crippen LogP contribution in [-0.4, -0.2) is 43.6 Å². The molecule has 1 unspecified atom stereocenters. The number of fused-ring (bicyclic) bond motifs is 2. The second kappa shape index (κ2) is 8.59. The zero-order chi connectivity index (χ0) is 24.2. The highest BCUT2D eigenvalue weighted by Gasteiger charge is 2.36. The predicted octanol–water partition coefficient (Wildman–Crippen LogP) is 6.27. The van der Waals surface area contributed by atoms with Gasteiger partial charge in [-0.2, -0.15) is 5.10 Å². The summed E-state index contributed by atoms with van der Waals surface area (Å²) in [7, 11) is 0. The number of para-hydroxylation sites is 1. The largest absolute Gasteiger partial charge is 0.342 e. The minimum Gasteiger partial charge on any atom is -0.342 e. The Bertz CT molecular complexity index is 1600. The number of rotatable bonds is 5. The first-order valence-electron chi connectivity index (χ1n) is 12.6. The lowest BCUT2D eigenvalue weighted by molar-refractivity contribution is -0.131. The third-order valence-corrected chi connectivity index (χ3v) is 8.25. The molecule has 2 aromatic heterocycles. The minimum atomic E-state index is 0.289. The summed E-state index contributed by atoms with van der Waals surface area (Å²) in [6, 6.07) is 21.3. The third-order valence-electron chi connectivity index (χ3n) is 7.61.